The van der Waals surface area contributed by atoms with Crippen LogP contribution in [-0.4, -0.2) is 27.7 Å². The van der Waals surface area contributed by atoms with E-state index in [2.05, 4.69) is 4.99 Å². The van der Waals surface area contributed by atoms with Crippen molar-refractivity contribution in [3.05, 3.63) is 68.7 Å². The van der Waals surface area contributed by atoms with Gasteiger partial charge in [0, 0.05) is 17.4 Å². The van der Waals surface area contributed by atoms with Gasteiger partial charge in [-0.15, -0.1) is 11.3 Å². The first-order valence-electron chi connectivity index (χ1n) is 9.36. The molecule has 1 fully saturated rings. The number of aromatic hydroxyl groups is 1. The number of aliphatic imine (C=N–C) groups is 1. The molecule has 154 valence electrons. The molecule has 1 atom stereocenters. The maximum absolute atomic E-state index is 13.2. The van der Waals surface area contributed by atoms with Crippen LogP contribution < -0.4 is 4.90 Å². The molecule has 6 nitrogen and oxygen atoms in total. The van der Waals surface area contributed by atoms with E-state index in [1.807, 2.05) is 24.3 Å². The minimum Gasteiger partial charge on any atom is -0.493 e. The van der Waals surface area contributed by atoms with Gasteiger partial charge < -0.3 is 5.11 Å². The van der Waals surface area contributed by atoms with Crippen LogP contribution in [0.15, 0.2) is 53.5 Å². The summed E-state index contributed by atoms with van der Waals surface area (Å²) in [7, 11) is 0. The number of para-hydroxylation sites is 1. The Morgan fingerprint density at radius 2 is 1.90 bits per heavy atom. The Morgan fingerprint density at radius 3 is 2.68 bits per heavy atom. The van der Waals surface area contributed by atoms with E-state index < -0.39 is 23.7 Å². The SMILES string of the molecule is O=C1CC(n2c(O)c(/C=C3\C=Nc4ccccc43)sc2=S)C(=O)N1c1ccc(F)cc1. The van der Waals surface area contributed by atoms with Crippen LogP contribution in [0.1, 0.15) is 22.9 Å². The Hall–Kier alpha value is -3.43. The van der Waals surface area contributed by atoms with Crippen molar-refractivity contribution in [2.45, 2.75) is 12.5 Å². The fourth-order valence-corrected chi connectivity index (χ4v) is 5.10. The number of rotatable bonds is 3. The van der Waals surface area contributed by atoms with Gasteiger partial charge in [-0.2, -0.15) is 0 Å². The second-order valence-electron chi connectivity index (χ2n) is 7.06. The average Bonchev–Trinajstić information content (AvgIpc) is 3.38. The van der Waals surface area contributed by atoms with Gasteiger partial charge in [-0.05, 0) is 48.6 Å². The number of halogens is 1. The Bertz CT molecular complexity index is 1360. The van der Waals surface area contributed by atoms with Crippen molar-refractivity contribution in [2.24, 2.45) is 4.99 Å². The van der Waals surface area contributed by atoms with E-state index in [9.17, 15) is 19.1 Å². The number of nitrogens with zero attached hydrogens (tertiary/aromatic N) is 3. The first-order chi connectivity index (χ1) is 14.9. The van der Waals surface area contributed by atoms with Gasteiger partial charge in [0.05, 0.1) is 22.7 Å². The van der Waals surface area contributed by atoms with Crippen molar-refractivity contribution in [1.82, 2.24) is 4.57 Å². The standard InChI is InChI=1S/C22H14FN3O3S2/c23-13-5-7-14(8-6-13)25-19(27)10-17(20(25)28)26-21(29)18(31-22(26)30)9-12-11-24-16-4-2-1-3-15(12)16/h1-9,11,17,29H,10H2/b12-9+. The third-order valence-electron chi connectivity index (χ3n) is 5.21. The molecule has 1 N–H and O–H groups in total. The predicted molar refractivity (Wildman–Crippen MR) is 120 cm³/mol. The van der Waals surface area contributed by atoms with Crippen LogP contribution in [0.2, 0.25) is 0 Å². The van der Waals surface area contributed by atoms with Gasteiger partial charge in [-0.25, -0.2) is 9.29 Å². The van der Waals surface area contributed by atoms with Gasteiger partial charge in [0.1, 0.15) is 11.9 Å². The van der Waals surface area contributed by atoms with Crippen LogP contribution in [0.4, 0.5) is 15.8 Å². The molecule has 31 heavy (non-hydrogen) atoms. The van der Waals surface area contributed by atoms with Crippen molar-refractivity contribution in [2.75, 3.05) is 4.90 Å². The van der Waals surface area contributed by atoms with Gasteiger partial charge in [0.15, 0.2) is 3.95 Å². The highest BCUT2D eigenvalue weighted by Gasteiger charge is 2.42. The first-order valence-corrected chi connectivity index (χ1v) is 10.6. The minimum atomic E-state index is -0.960. The number of amides is 2. The first kappa shape index (κ1) is 19.5. The lowest BCUT2D eigenvalue weighted by Crippen LogP contribution is -2.31. The number of carbonyl (C=O) groups is 2. The second-order valence-corrected chi connectivity index (χ2v) is 8.74. The summed E-state index contributed by atoms with van der Waals surface area (Å²) in [5.41, 5.74) is 2.86. The molecule has 3 aromatic rings. The number of hydrogen-bond donors (Lipinski definition) is 1. The monoisotopic (exact) mass is 451 g/mol. The summed E-state index contributed by atoms with van der Waals surface area (Å²) >= 11 is 6.56. The molecule has 2 aliphatic rings. The molecular weight excluding hydrogens is 437 g/mol. The van der Waals surface area contributed by atoms with E-state index in [-0.39, 0.29) is 21.9 Å². The lowest BCUT2D eigenvalue weighted by molar-refractivity contribution is -0.122. The second kappa shape index (κ2) is 7.36. The summed E-state index contributed by atoms with van der Waals surface area (Å²) in [4.78, 5) is 31.4. The fraction of sp³-hybridized carbons (Fsp3) is 0.0909. The zero-order chi connectivity index (χ0) is 21.7. The van der Waals surface area contributed by atoms with Crippen LogP contribution in [0.25, 0.3) is 11.6 Å². The van der Waals surface area contributed by atoms with Crippen LogP contribution in [0, 0.1) is 9.77 Å². The summed E-state index contributed by atoms with van der Waals surface area (Å²) in [5, 5.41) is 10.9. The lowest BCUT2D eigenvalue weighted by atomic mass is 10.1. The molecule has 0 radical (unpaired) electrons. The minimum absolute atomic E-state index is 0.144. The van der Waals surface area contributed by atoms with Gasteiger partial charge in [-0.3, -0.25) is 19.1 Å². The maximum atomic E-state index is 13.2. The average molecular weight is 452 g/mol. The van der Waals surface area contributed by atoms with E-state index in [1.54, 1.807) is 12.3 Å². The zero-order valence-corrected chi connectivity index (χ0v) is 17.5. The van der Waals surface area contributed by atoms with E-state index in [0.29, 0.717) is 4.88 Å². The Morgan fingerprint density at radius 1 is 1.16 bits per heavy atom. The molecule has 1 saturated heterocycles. The third-order valence-corrected chi connectivity index (χ3v) is 6.54. The highest BCUT2D eigenvalue weighted by Crippen LogP contribution is 2.39. The summed E-state index contributed by atoms with van der Waals surface area (Å²) < 4.78 is 14.8. The van der Waals surface area contributed by atoms with E-state index in [4.69, 9.17) is 12.2 Å². The van der Waals surface area contributed by atoms with Gasteiger partial charge in [0.2, 0.25) is 11.8 Å². The summed E-state index contributed by atoms with van der Waals surface area (Å²) in [6.07, 6.45) is 3.33. The van der Waals surface area contributed by atoms with E-state index in [1.165, 1.54) is 28.8 Å². The van der Waals surface area contributed by atoms with E-state index in [0.717, 1.165) is 33.1 Å². The fourth-order valence-electron chi connectivity index (χ4n) is 3.74. The van der Waals surface area contributed by atoms with Gasteiger partial charge in [0.25, 0.3) is 5.91 Å². The largest absolute Gasteiger partial charge is 0.493 e. The lowest BCUT2D eigenvalue weighted by Gasteiger charge is -2.15. The summed E-state index contributed by atoms with van der Waals surface area (Å²) in [6.45, 7) is 0. The zero-order valence-electron chi connectivity index (χ0n) is 15.9. The summed E-state index contributed by atoms with van der Waals surface area (Å²) in [5.74, 6) is -1.60. The molecular formula is C22H14FN3O3S2. The summed E-state index contributed by atoms with van der Waals surface area (Å²) in [6, 6.07) is 11.8. The number of thiazole rings is 1. The smallest absolute Gasteiger partial charge is 0.257 e. The molecule has 0 spiro atoms. The third kappa shape index (κ3) is 3.22. The van der Waals surface area contributed by atoms with Crippen molar-refractivity contribution in [1.29, 1.82) is 0 Å². The molecule has 3 heterocycles. The number of anilines is 1. The van der Waals surface area contributed by atoms with Crippen LogP contribution in [0.3, 0.4) is 0 Å². The predicted octanol–water partition coefficient (Wildman–Crippen LogP) is 4.88. The molecule has 2 aromatic carbocycles. The number of imide groups is 1. The van der Waals surface area contributed by atoms with Crippen molar-refractivity contribution in [3.63, 3.8) is 0 Å². The highest BCUT2D eigenvalue weighted by molar-refractivity contribution is 7.73. The van der Waals surface area contributed by atoms with E-state index >= 15 is 0 Å². The van der Waals surface area contributed by atoms with Crippen molar-refractivity contribution in [3.8, 4) is 5.88 Å². The van der Waals surface area contributed by atoms with Gasteiger partial charge >= 0.3 is 0 Å². The Labute approximate surface area is 185 Å². The molecule has 2 amide bonds. The Kier molecular flexibility index (Phi) is 4.64. The topological polar surface area (TPSA) is 74.9 Å². The molecule has 0 saturated carbocycles. The number of benzene rings is 2. The number of aromatic nitrogens is 1. The number of allylic oxidation sites excluding steroid dienone is 1. The molecule has 5 rings (SSSR count). The highest BCUT2D eigenvalue weighted by atomic mass is 32.1. The van der Waals surface area contributed by atoms with Crippen LogP contribution in [-0.2, 0) is 9.59 Å². The normalized spacial score (nSPS) is 18.9. The molecule has 2 aliphatic heterocycles. The molecule has 1 aromatic heterocycles. The maximum Gasteiger partial charge on any atom is 0.257 e. The molecule has 0 bridgehead atoms. The van der Waals surface area contributed by atoms with Crippen molar-refractivity contribution >= 4 is 64.6 Å². The van der Waals surface area contributed by atoms with Crippen molar-refractivity contribution < 1.29 is 19.1 Å². The number of fused-ring (bicyclic) bond motifs is 1. The molecule has 1 unspecified atom stereocenters. The molecule has 9 heteroatoms. The Balaban J connectivity index is 1.51. The number of carbonyl (C=O) groups excluding carboxylic acids is 2. The van der Waals surface area contributed by atoms with Crippen LogP contribution >= 0.6 is 23.6 Å². The molecule has 0 aliphatic carbocycles. The number of hydrogen-bond acceptors (Lipinski definition) is 6. The van der Waals surface area contributed by atoms with Gasteiger partial charge in [-0.1, -0.05) is 18.2 Å². The van der Waals surface area contributed by atoms with Crippen LogP contribution in [0.5, 0.6) is 5.88 Å². The quantitative estimate of drug-likeness (QED) is 0.455.